The summed E-state index contributed by atoms with van der Waals surface area (Å²) in [5, 5.41) is 21.0. The predicted molar refractivity (Wildman–Crippen MR) is 55.7 cm³/mol. The van der Waals surface area contributed by atoms with Gasteiger partial charge in [-0.05, 0) is 12.1 Å². The summed E-state index contributed by atoms with van der Waals surface area (Å²) in [5.74, 6) is -0.301. The van der Waals surface area contributed by atoms with Crippen molar-refractivity contribution in [2.45, 2.75) is 11.4 Å². The van der Waals surface area contributed by atoms with Crippen LogP contribution in [0.5, 0.6) is 5.75 Å². The summed E-state index contributed by atoms with van der Waals surface area (Å²) in [5.41, 5.74) is 0.492. The fraction of sp³-hybridized carbons (Fsp3) is 0.333. The standard InChI is InChI=1S/C9H10N2O3S/c12-6-2-1-3-10-7(6)8-11-5(4-15-8)9(13)14/h1-3,5,8,11-12H,4H2,(H,13,14). The molecule has 0 aromatic carbocycles. The maximum atomic E-state index is 10.7. The van der Waals surface area contributed by atoms with E-state index in [-0.39, 0.29) is 11.1 Å². The average Bonchev–Trinajstić information content (AvgIpc) is 2.67. The first-order chi connectivity index (χ1) is 7.18. The third-order valence-corrected chi connectivity index (χ3v) is 3.36. The first kappa shape index (κ1) is 10.3. The Hall–Kier alpha value is -1.27. The summed E-state index contributed by atoms with van der Waals surface area (Å²) in [7, 11) is 0. The lowest BCUT2D eigenvalue weighted by Crippen LogP contribution is -2.33. The van der Waals surface area contributed by atoms with Gasteiger partial charge < -0.3 is 10.2 Å². The van der Waals surface area contributed by atoms with Gasteiger partial charge in [-0.3, -0.25) is 15.1 Å². The first-order valence-electron chi connectivity index (χ1n) is 4.43. The van der Waals surface area contributed by atoms with Gasteiger partial charge in [-0.25, -0.2) is 0 Å². The van der Waals surface area contributed by atoms with E-state index in [0.29, 0.717) is 11.4 Å². The Labute approximate surface area is 90.5 Å². The Kier molecular flexibility index (Phi) is 2.79. The molecule has 1 aromatic heterocycles. The number of thioether (sulfide) groups is 1. The Morgan fingerprint density at radius 3 is 3.07 bits per heavy atom. The van der Waals surface area contributed by atoms with E-state index in [2.05, 4.69) is 10.3 Å². The number of pyridine rings is 1. The maximum absolute atomic E-state index is 10.7. The summed E-state index contributed by atoms with van der Waals surface area (Å²) in [6.07, 6.45) is 1.57. The molecule has 1 saturated heterocycles. The van der Waals surface area contributed by atoms with Crippen LogP contribution in [0.1, 0.15) is 11.1 Å². The number of nitrogens with zero attached hydrogens (tertiary/aromatic N) is 1. The molecule has 1 aliphatic heterocycles. The van der Waals surface area contributed by atoms with Gasteiger partial charge in [-0.1, -0.05) is 0 Å². The minimum absolute atomic E-state index is 0.0912. The molecule has 0 aliphatic carbocycles. The molecule has 6 heteroatoms. The molecule has 15 heavy (non-hydrogen) atoms. The van der Waals surface area contributed by atoms with E-state index in [0.717, 1.165) is 0 Å². The first-order valence-corrected chi connectivity index (χ1v) is 5.47. The summed E-state index contributed by atoms with van der Waals surface area (Å²) in [6, 6.07) is 2.60. The van der Waals surface area contributed by atoms with Crippen LogP contribution in [0.3, 0.4) is 0 Å². The van der Waals surface area contributed by atoms with E-state index in [9.17, 15) is 9.90 Å². The van der Waals surface area contributed by atoms with Crippen molar-refractivity contribution in [2.75, 3.05) is 5.75 Å². The van der Waals surface area contributed by atoms with Crippen molar-refractivity contribution in [1.29, 1.82) is 0 Å². The molecule has 80 valence electrons. The van der Waals surface area contributed by atoms with E-state index in [4.69, 9.17) is 5.11 Å². The molecule has 0 bridgehead atoms. The van der Waals surface area contributed by atoms with E-state index < -0.39 is 12.0 Å². The van der Waals surface area contributed by atoms with Crippen LogP contribution in [0.15, 0.2) is 18.3 Å². The molecular formula is C9H10N2O3S. The third kappa shape index (κ3) is 2.05. The molecule has 0 amide bonds. The SMILES string of the molecule is O=C(O)C1CSC(c2ncccc2O)N1. The Morgan fingerprint density at radius 2 is 2.47 bits per heavy atom. The summed E-state index contributed by atoms with van der Waals surface area (Å²) < 4.78 is 0. The normalized spacial score (nSPS) is 25.3. The van der Waals surface area contributed by atoms with Gasteiger partial charge in [0.05, 0.1) is 0 Å². The van der Waals surface area contributed by atoms with Gasteiger partial charge >= 0.3 is 5.97 Å². The van der Waals surface area contributed by atoms with Crippen LogP contribution in [0.25, 0.3) is 0 Å². The lowest BCUT2D eigenvalue weighted by Gasteiger charge is -2.11. The van der Waals surface area contributed by atoms with Gasteiger partial charge in [-0.15, -0.1) is 11.8 Å². The summed E-state index contributed by atoms with van der Waals surface area (Å²) in [6.45, 7) is 0. The number of aromatic nitrogens is 1. The number of hydrogen-bond donors (Lipinski definition) is 3. The van der Waals surface area contributed by atoms with Crippen LogP contribution in [-0.4, -0.2) is 33.0 Å². The predicted octanol–water partition coefficient (Wildman–Crippen LogP) is 0.575. The van der Waals surface area contributed by atoms with Gasteiger partial charge in [0.15, 0.2) is 0 Å². The molecule has 2 rings (SSSR count). The third-order valence-electron chi connectivity index (χ3n) is 2.14. The number of nitrogens with one attached hydrogen (secondary N) is 1. The van der Waals surface area contributed by atoms with Gasteiger partial charge in [0.2, 0.25) is 0 Å². The minimum Gasteiger partial charge on any atom is -0.506 e. The van der Waals surface area contributed by atoms with E-state index in [1.807, 2.05) is 0 Å². The van der Waals surface area contributed by atoms with Gasteiger partial charge in [-0.2, -0.15) is 0 Å². The average molecular weight is 226 g/mol. The highest BCUT2D eigenvalue weighted by atomic mass is 32.2. The van der Waals surface area contributed by atoms with Crippen molar-refractivity contribution in [3.8, 4) is 5.75 Å². The van der Waals surface area contributed by atoms with Crippen molar-refractivity contribution in [1.82, 2.24) is 10.3 Å². The molecule has 2 atom stereocenters. The van der Waals surface area contributed by atoms with Crippen LogP contribution in [0, 0.1) is 0 Å². The highest BCUT2D eigenvalue weighted by molar-refractivity contribution is 7.99. The Balaban J connectivity index is 2.14. The second kappa shape index (κ2) is 4.08. The second-order valence-electron chi connectivity index (χ2n) is 3.18. The Bertz CT molecular complexity index is 385. The molecule has 3 N–H and O–H groups in total. The molecule has 5 nitrogen and oxygen atoms in total. The lowest BCUT2D eigenvalue weighted by molar-refractivity contribution is -0.138. The van der Waals surface area contributed by atoms with Crippen molar-refractivity contribution >= 4 is 17.7 Å². The minimum atomic E-state index is -0.875. The molecule has 1 fully saturated rings. The molecular weight excluding hydrogens is 216 g/mol. The molecule has 0 spiro atoms. The molecule has 2 heterocycles. The highest BCUT2D eigenvalue weighted by Crippen LogP contribution is 2.35. The van der Waals surface area contributed by atoms with Gasteiger partial charge in [0.25, 0.3) is 0 Å². The molecule has 1 aromatic rings. The van der Waals surface area contributed by atoms with Crippen molar-refractivity contribution in [2.24, 2.45) is 0 Å². The number of carbonyl (C=O) groups is 1. The fourth-order valence-corrected chi connectivity index (χ4v) is 2.61. The number of carboxylic acids is 1. The molecule has 0 radical (unpaired) electrons. The van der Waals surface area contributed by atoms with Crippen LogP contribution >= 0.6 is 11.8 Å². The van der Waals surface area contributed by atoms with Crippen LogP contribution < -0.4 is 5.32 Å². The van der Waals surface area contributed by atoms with Gasteiger partial charge in [0, 0.05) is 11.9 Å². The maximum Gasteiger partial charge on any atom is 0.321 e. The molecule has 1 aliphatic rings. The number of aliphatic carboxylic acids is 1. The quantitative estimate of drug-likeness (QED) is 0.684. The smallest absolute Gasteiger partial charge is 0.321 e. The van der Waals surface area contributed by atoms with Crippen LogP contribution in [0.4, 0.5) is 0 Å². The largest absolute Gasteiger partial charge is 0.506 e. The second-order valence-corrected chi connectivity index (χ2v) is 4.32. The zero-order valence-electron chi connectivity index (χ0n) is 7.75. The monoisotopic (exact) mass is 226 g/mol. The molecule has 2 unspecified atom stereocenters. The van der Waals surface area contributed by atoms with E-state index in [1.54, 1.807) is 18.3 Å². The fourth-order valence-electron chi connectivity index (χ4n) is 1.38. The zero-order chi connectivity index (χ0) is 10.8. The van der Waals surface area contributed by atoms with Crippen LogP contribution in [0.2, 0.25) is 0 Å². The number of carboxylic acid groups (broad SMARTS) is 1. The van der Waals surface area contributed by atoms with Crippen LogP contribution in [-0.2, 0) is 4.79 Å². The molecule has 0 saturated carbocycles. The van der Waals surface area contributed by atoms with Crippen molar-refractivity contribution in [3.63, 3.8) is 0 Å². The summed E-state index contributed by atoms with van der Waals surface area (Å²) in [4.78, 5) is 14.7. The van der Waals surface area contributed by atoms with E-state index >= 15 is 0 Å². The van der Waals surface area contributed by atoms with Gasteiger partial charge in [0.1, 0.15) is 22.9 Å². The number of hydrogen-bond acceptors (Lipinski definition) is 5. The van der Waals surface area contributed by atoms with Crippen molar-refractivity contribution < 1.29 is 15.0 Å². The Morgan fingerprint density at radius 1 is 1.67 bits per heavy atom. The number of rotatable bonds is 2. The van der Waals surface area contributed by atoms with Crippen molar-refractivity contribution in [3.05, 3.63) is 24.0 Å². The number of aromatic hydroxyl groups is 1. The zero-order valence-corrected chi connectivity index (χ0v) is 8.57. The highest BCUT2D eigenvalue weighted by Gasteiger charge is 2.32. The van der Waals surface area contributed by atoms with E-state index in [1.165, 1.54) is 11.8 Å². The lowest BCUT2D eigenvalue weighted by atomic mass is 10.3. The summed E-state index contributed by atoms with van der Waals surface area (Å²) >= 11 is 1.43. The topological polar surface area (TPSA) is 82.5 Å².